The van der Waals surface area contributed by atoms with Crippen molar-refractivity contribution in [3.05, 3.63) is 34.8 Å². The van der Waals surface area contributed by atoms with Crippen LogP contribution >= 0.6 is 0 Å². The summed E-state index contributed by atoms with van der Waals surface area (Å²) >= 11 is 0. The number of imidazole rings is 1. The van der Waals surface area contributed by atoms with Gasteiger partial charge >= 0.3 is 0 Å². The zero-order valence-corrected chi connectivity index (χ0v) is 11.8. The second-order valence-corrected chi connectivity index (χ2v) is 6.38. The van der Waals surface area contributed by atoms with Gasteiger partial charge in [0, 0.05) is 24.9 Å². The van der Waals surface area contributed by atoms with E-state index in [-0.39, 0.29) is 5.56 Å². The lowest BCUT2D eigenvalue weighted by atomic mass is 10.0. The van der Waals surface area contributed by atoms with Gasteiger partial charge in [-0.05, 0) is 25.2 Å². The van der Waals surface area contributed by atoms with E-state index in [4.69, 9.17) is 0 Å². The molecule has 0 saturated heterocycles. The summed E-state index contributed by atoms with van der Waals surface area (Å²) in [5, 5.41) is 0. The highest BCUT2D eigenvalue weighted by Gasteiger charge is 2.28. The summed E-state index contributed by atoms with van der Waals surface area (Å²) in [7, 11) is 0. The maximum Gasteiger partial charge on any atom is 0.276 e. The van der Waals surface area contributed by atoms with Crippen LogP contribution in [0.4, 0.5) is 0 Å². The standard InChI is InChI=1S/C16H21N3O/c20-16-14-11-17-15(13-5-6-13)19(14)10-9-18(16)8-7-12-3-1-2-4-12/h9-13H,1-8H2. The van der Waals surface area contributed by atoms with Crippen molar-refractivity contribution in [2.75, 3.05) is 0 Å². The smallest absolute Gasteiger partial charge is 0.276 e. The molecule has 0 amide bonds. The van der Waals surface area contributed by atoms with Gasteiger partial charge in [-0.25, -0.2) is 4.98 Å². The SMILES string of the molecule is O=c1c2cnc(C3CC3)n2ccn1CCC1CCCC1. The molecule has 20 heavy (non-hydrogen) atoms. The van der Waals surface area contributed by atoms with Gasteiger partial charge in [0.15, 0.2) is 0 Å². The number of aryl methyl sites for hydroxylation is 1. The number of hydrogen-bond acceptors (Lipinski definition) is 2. The first kappa shape index (κ1) is 12.2. The summed E-state index contributed by atoms with van der Waals surface area (Å²) in [6, 6.07) is 0. The van der Waals surface area contributed by atoms with E-state index in [9.17, 15) is 4.79 Å². The van der Waals surface area contributed by atoms with Crippen molar-refractivity contribution < 1.29 is 0 Å². The third-order valence-electron chi connectivity index (χ3n) is 4.90. The Hall–Kier alpha value is -1.58. The van der Waals surface area contributed by atoms with E-state index in [0.717, 1.165) is 30.2 Å². The van der Waals surface area contributed by atoms with Crippen LogP contribution in [0.25, 0.3) is 5.52 Å². The summed E-state index contributed by atoms with van der Waals surface area (Å²) < 4.78 is 3.86. The summed E-state index contributed by atoms with van der Waals surface area (Å²) in [5.41, 5.74) is 0.853. The Balaban J connectivity index is 1.60. The van der Waals surface area contributed by atoms with Crippen LogP contribution in [0.3, 0.4) is 0 Å². The number of hydrogen-bond donors (Lipinski definition) is 0. The molecule has 0 aromatic carbocycles. The van der Waals surface area contributed by atoms with Gasteiger partial charge in [0.25, 0.3) is 5.56 Å². The molecule has 2 aromatic rings. The number of nitrogens with zero attached hydrogens (tertiary/aromatic N) is 3. The van der Waals surface area contributed by atoms with Crippen molar-refractivity contribution in [1.82, 2.24) is 14.0 Å². The summed E-state index contributed by atoms with van der Waals surface area (Å²) in [4.78, 5) is 16.9. The zero-order chi connectivity index (χ0) is 13.5. The molecular weight excluding hydrogens is 250 g/mol. The maximum absolute atomic E-state index is 12.5. The van der Waals surface area contributed by atoms with Crippen LogP contribution in [0.15, 0.2) is 23.4 Å². The Morgan fingerprint density at radius 3 is 2.70 bits per heavy atom. The van der Waals surface area contributed by atoms with Crippen LogP contribution in [0.1, 0.15) is 56.7 Å². The number of aromatic nitrogens is 3. The monoisotopic (exact) mass is 271 g/mol. The normalized spacial score (nSPS) is 20.0. The van der Waals surface area contributed by atoms with E-state index in [0.29, 0.717) is 5.92 Å². The van der Waals surface area contributed by atoms with Crippen molar-refractivity contribution >= 4 is 5.52 Å². The van der Waals surface area contributed by atoms with Gasteiger partial charge in [0.2, 0.25) is 0 Å². The fourth-order valence-corrected chi connectivity index (χ4v) is 3.49. The van der Waals surface area contributed by atoms with Crippen molar-refractivity contribution in [3.63, 3.8) is 0 Å². The Morgan fingerprint density at radius 2 is 1.95 bits per heavy atom. The van der Waals surface area contributed by atoms with Crippen molar-refractivity contribution in [3.8, 4) is 0 Å². The number of rotatable bonds is 4. The van der Waals surface area contributed by atoms with Crippen LogP contribution in [-0.2, 0) is 6.54 Å². The quantitative estimate of drug-likeness (QED) is 0.857. The van der Waals surface area contributed by atoms with Gasteiger partial charge in [0.1, 0.15) is 11.3 Å². The molecule has 0 spiro atoms. The van der Waals surface area contributed by atoms with Crippen LogP contribution in [0.5, 0.6) is 0 Å². The molecule has 0 atom stereocenters. The fourth-order valence-electron chi connectivity index (χ4n) is 3.49. The second-order valence-electron chi connectivity index (χ2n) is 6.38. The number of fused-ring (bicyclic) bond motifs is 1. The molecule has 2 aliphatic carbocycles. The average molecular weight is 271 g/mol. The lowest BCUT2D eigenvalue weighted by molar-refractivity contribution is 0.453. The summed E-state index contributed by atoms with van der Waals surface area (Å²) in [6.45, 7) is 0.851. The van der Waals surface area contributed by atoms with Gasteiger partial charge in [-0.15, -0.1) is 0 Å². The lowest BCUT2D eigenvalue weighted by Gasteiger charge is -2.11. The molecule has 106 valence electrons. The molecule has 2 aliphatic rings. The lowest BCUT2D eigenvalue weighted by Crippen LogP contribution is -2.22. The van der Waals surface area contributed by atoms with Crippen LogP contribution in [-0.4, -0.2) is 14.0 Å². The molecule has 0 bridgehead atoms. The van der Waals surface area contributed by atoms with E-state index in [1.165, 1.54) is 38.5 Å². The molecular formula is C16H21N3O. The molecule has 2 fully saturated rings. The minimum atomic E-state index is 0.116. The first-order chi connectivity index (χ1) is 9.83. The Kier molecular flexibility index (Phi) is 2.90. The van der Waals surface area contributed by atoms with Gasteiger partial charge in [0.05, 0.1) is 6.20 Å². The molecule has 2 aromatic heterocycles. The minimum absolute atomic E-state index is 0.116. The first-order valence-corrected chi connectivity index (χ1v) is 7.89. The summed E-state index contributed by atoms with van der Waals surface area (Å²) in [6.07, 6.45) is 14.7. The molecule has 0 radical (unpaired) electrons. The molecule has 0 unspecified atom stereocenters. The molecule has 4 nitrogen and oxygen atoms in total. The van der Waals surface area contributed by atoms with Gasteiger partial charge < -0.3 is 4.57 Å². The third-order valence-corrected chi connectivity index (χ3v) is 4.90. The summed E-state index contributed by atoms with van der Waals surface area (Å²) in [5.74, 6) is 2.47. The van der Waals surface area contributed by atoms with Gasteiger partial charge in [-0.2, -0.15) is 0 Å². The van der Waals surface area contributed by atoms with E-state index in [1.807, 2.05) is 21.4 Å². The van der Waals surface area contributed by atoms with Crippen molar-refractivity contribution in [2.24, 2.45) is 5.92 Å². The molecule has 2 saturated carbocycles. The molecule has 0 aliphatic heterocycles. The Morgan fingerprint density at radius 1 is 1.15 bits per heavy atom. The Labute approximate surface area is 118 Å². The Bertz CT molecular complexity index is 675. The fraction of sp³-hybridized carbons (Fsp3) is 0.625. The van der Waals surface area contributed by atoms with Gasteiger partial charge in [-0.1, -0.05) is 25.7 Å². The van der Waals surface area contributed by atoms with Crippen molar-refractivity contribution in [1.29, 1.82) is 0 Å². The predicted octanol–water partition coefficient (Wildman–Crippen LogP) is 2.95. The first-order valence-electron chi connectivity index (χ1n) is 7.89. The zero-order valence-electron chi connectivity index (χ0n) is 11.8. The molecule has 4 rings (SSSR count). The van der Waals surface area contributed by atoms with E-state index in [2.05, 4.69) is 4.98 Å². The largest absolute Gasteiger partial charge is 0.312 e. The molecule has 2 heterocycles. The highest BCUT2D eigenvalue weighted by molar-refractivity contribution is 5.44. The molecule has 4 heteroatoms. The third kappa shape index (κ3) is 2.07. The highest BCUT2D eigenvalue weighted by Crippen LogP contribution is 2.39. The van der Waals surface area contributed by atoms with E-state index in [1.54, 1.807) is 6.20 Å². The maximum atomic E-state index is 12.5. The predicted molar refractivity (Wildman–Crippen MR) is 78.0 cm³/mol. The topological polar surface area (TPSA) is 39.3 Å². The molecule has 0 N–H and O–H groups in total. The van der Waals surface area contributed by atoms with E-state index >= 15 is 0 Å². The van der Waals surface area contributed by atoms with Crippen LogP contribution in [0.2, 0.25) is 0 Å². The van der Waals surface area contributed by atoms with E-state index < -0.39 is 0 Å². The second kappa shape index (κ2) is 4.76. The average Bonchev–Trinajstić information content (AvgIpc) is 3.01. The highest BCUT2D eigenvalue weighted by atomic mass is 16.1. The van der Waals surface area contributed by atoms with Gasteiger partial charge in [-0.3, -0.25) is 9.20 Å². The van der Waals surface area contributed by atoms with Crippen LogP contribution in [0, 0.1) is 5.92 Å². The minimum Gasteiger partial charge on any atom is -0.312 e. The van der Waals surface area contributed by atoms with Crippen molar-refractivity contribution in [2.45, 2.75) is 57.4 Å². The van der Waals surface area contributed by atoms with Crippen LogP contribution < -0.4 is 5.56 Å².